The van der Waals surface area contributed by atoms with E-state index in [9.17, 15) is 13.2 Å². The van der Waals surface area contributed by atoms with E-state index in [-0.39, 0.29) is 0 Å². The van der Waals surface area contributed by atoms with Crippen LogP contribution in [0.3, 0.4) is 0 Å². The zero-order chi connectivity index (χ0) is 12.6. The van der Waals surface area contributed by atoms with Crippen LogP contribution in [0.15, 0.2) is 18.2 Å². The summed E-state index contributed by atoms with van der Waals surface area (Å²) in [5, 5.41) is 7.99. The highest BCUT2D eigenvalue weighted by molar-refractivity contribution is 8.14. The van der Waals surface area contributed by atoms with Crippen LogP contribution in [0.4, 0.5) is 18.9 Å². The molecule has 0 bridgehead atoms. The zero-order valence-corrected chi connectivity index (χ0v) is 9.95. The Balaban J connectivity index is 2.42. The SMILES string of the molecule is Cc1ccc(C(F)(F)F)cc1N1CCSC1=N. The standard InChI is InChI=1S/C11H11F3N2S/c1-7-2-3-8(11(12,13)14)6-9(7)16-4-5-17-10(16)15/h2-3,6,15H,4-5H2,1H3. The number of thioether (sulfide) groups is 1. The van der Waals surface area contributed by atoms with Crippen molar-refractivity contribution in [1.82, 2.24) is 0 Å². The van der Waals surface area contributed by atoms with Crippen LogP contribution < -0.4 is 4.90 Å². The van der Waals surface area contributed by atoms with Gasteiger partial charge in [-0.3, -0.25) is 5.41 Å². The van der Waals surface area contributed by atoms with Crippen LogP contribution in [0.5, 0.6) is 0 Å². The van der Waals surface area contributed by atoms with E-state index < -0.39 is 11.7 Å². The van der Waals surface area contributed by atoms with Crippen molar-refractivity contribution in [3.8, 4) is 0 Å². The summed E-state index contributed by atoms with van der Waals surface area (Å²) in [6.45, 7) is 2.34. The normalized spacial score (nSPS) is 16.7. The van der Waals surface area contributed by atoms with E-state index in [1.54, 1.807) is 11.8 Å². The van der Waals surface area contributed by atoms with Gasteiger partial charge in [0.05, 0.1) is 5.56 Å². The van der Waals surface area contributed by atoms with Gasteiger partial charge in [0.25, 0.3) is 0 Å². The molecule has 1 heterocycles. The molecule has 0 amide bonds. The van der Waals surface area contributed by atoms with Crippen LogP contribution in [0.2, 0.25) is 0 Å². The number of benzene rings is 1. The Kier molecular flexibility index (Phi) is 3.07. The Bertz CT molecular complexity index is 457. The molecule has 2 nitrogen and oxygen atoms in total. The molecule has 0 saturated carbocycles. The number of hydrogen-bond acceptors (Lipinski definition) is 2. The number of hydrogen-bond donors (Lipinski definition) is 1. The lowest BCUT2D eigenvalue weighted by Crippen LogP contribution is -2.24. The van der Waals surface area contributed by atoms with E-state index in [4.69, 9.17) is 5.41 Å². The number of alkyl halides is 3. The summed E-state index contributed by atoms with van der Waals surface area (Å²) in [5.41, 5.74) is 0.572. The minimum atomic E-state index is -4.34. The van der Waals surface area contributed by atoms with E-state index in [0.717, 1.165) is 23.4 Å². The average molecular weight is 260 g/mol. The number of nitrogens with one attached hydrogen (secondary N) is 1. The predicted octanol–water partition coefficient (Wildman–Crippen LogP) is 3.50. The van der Waals surface area contributed by atoms with Crippen molar-refractivity contribution < 1.29 is 13.2 Å². The second kappa shape index (κ2) is 4.25. The minimum Gasteiger partial charge on any atom is -0.320 e. The molecule has 1 N–H and O–H groups in total. The smallest absolute Gasteiger partial charge is 0.320 e. The molecule has 0 unspecified atom stereocenters. The topological polar surface area (TPSA) is 27.1 Å². The summed E-state index contributed by atoms with van der Waals surface area (Å²) in [6, 6.07) is 3.65. The van der Waals surface area contributed by atoms with Gasteiger partial charge in [0.2, 0.25) is 0 Å². The lowest BCUT2D eigenvalue weighted by atomic mass is 10.1. The van der Waals surface area contributed by atoms with Crippen molar-refractivity contribution in [2.24, 2.45) is 0 Å². The van der Waals surface area contributed by atoms with Gasteiger partial charge >= 0.3 is 6.18 Å². The second-order valence-electron chi connectivity index (χ2n) is 3.80. The van der Waals surface area contributed by atoms with Gasteiger partial charge in [0, 0.05) is 18.0 Å². The van der Waals surface area contributed by atoms with Gasteiger partial charge in [-0.1, -0.05) is 17.8 Å². The molecule has 1 aliphatic rings. The third kappa shape index (κ3) is 2.41. The number of nitrogens with zero attached hydrogens (tertiary/aromatic N) is 1. The molecule has 1 aliphatic heterocycles. The van der Waals surface area contributed by atoms with Crippen LogP contribution in [-0.2, 0) is 6.18 Å². The fourth-order valence-electron chi connectivity index (χ4n) is 1.72. The van der Waals surface area contributed by atoms with Crippen LogP contribution in [0, 0.1) is 12.3 Å². The maximum absolute atomic E-state index is 12.6. The van der Waals surface area contributed by atoms with Gasteiger partial charge in [-0.25, -0.2) is 0 Å². The summed E-state index contributed by atoms with van der Waals surface area (Å²) < 4.78 is 37.8. The molecular weight excluding hydrogens is 249 g/mol. The van der Waals surface area contributed by atoms with Crippen molar-refractivity contribution in [3.63, 3.8) is 0 Å². The second-order valence-corrected chi connectivity index (χ2v) is 4.89. The Morgan fingerprint density at radius 1 is 1.35 bits per heavy atom. The third-order valence-corrected chi connectivity index (χ3v) is 3.51. The van der Waals surface area contributed by atoms with E-state index >= 15 is 0 Å². The largest absolute Gasteiger partial charge is 0.416 e. The molecule has 1 saturated heterocycles. The van der Waals surface area contributed by atoms with E-state index in [1.165, 1.54) is 17.8 Å². The number of aryl methyl sites for hydroxylation is 1. The summed E-state index contributed by atoms with van der Waals surface area (Å²) >= 11 is 1.35. The quantitative estimate of drug-likeness (QED) is 0.836. The van der Waals surface area contributed by atoms with E-state index in [1.807, 2.05) is 0 Å². The highest BCUT2D eigenvalue weighted by Gasteiger charge is 2.32. The lowest BCUT2D eigenvalue weighted by Gasteiger charge is -2.20. The lowest BCUT2D eigenvalue weighted by molar-refractivity contribution is -0.137. The molecule has 92 valence electrons. The monoisotopic (exact) mass is 260 g/mol. The first-order valence-corrected chi connectivity index (χ1v) is 6.05. The van der Waals surface area contributed by atoms with Gasteiger partial charge in [-0.2, -0.15) is 13.2 Å². The van der Waals surface area contributed by atoms with Crippen molar-refractivity contribution in [2.45, 2.75) is 13.1 Å². The first-order chi connectivity index (χ1) is 7.89. The molecule has 2 rings (SSSR count). The molecule has 1 aromatic carbocycles. The summed E-state index contributed by atoms with van der Waals surface area (Å²) in [5.74, 6) is 0.745. The maximum Gasteiger partial charge on any atom is 0.416 e. The first kappa shape index (κ1) is 12.3. The molecule has 17 heavy (non-hydrogen) atoms. The molecule has 1 aromatic rings. The van der Waals surface area contributed by atoms with Gasteiger partial charge < -0.3 is 4.90 Å². The number of rotatable bonds is 1. The molecule has 0 radical (unpaired) electrons. The van der Waals surface area contributed by atoms with Crippen LogP contribution in [0.25, 0.3) is 0 Å². The fourth-order valence-corrected chi connectivity index (χ4v) is 2.53. The number of anilines is 1. The maximum atomic E-state index is 12.6. The molecule has 0 aromatic heterocycles. The Labute approximate surface area is 101 Å². The number of halogens is 3. The average Bonchev–Trinajstić information content (AvgIpc) is 2.63. The van der Waals surface area contributed by atoms with E-state index in [0.29, 0.717) is 17.4 Å². The molecule has 0 aliphatic carbocycles. The van der Waals surface area contributed by atoms with Crippen LogP contribution >= 0.6 is 11.8 Å². The minimum absolute atomic E-state index is 0.312. The number of amidine groups is 1. The van der Waals surface area contributed by atoms with Gasteiger partial charge in [-0.05, 0) is 24.6 Å². The van der Waals surface area contributed by atoms with Gasteiger partial charge in [0.15, 0.2) is 5.17 Å². The predicted molar refractivity (Wildman–Crippen MR) is 63.7 cm³/mol. The molecule has 6 heteroatoms. The van der Waals surface area contributed by atoms with Gasteiger partial charge in [0.1, 0.15) is 0 Å². The zero-order valence-electron chi connectivity index (χ0n) is 9.14. The third-order valence-electron chi connectivity index (χ3n) is 2.63. The fraction of sp³-hybridized carbons (Fsp3) is 0.364. The molecule has 1 fully saturated rings. The summed E-state index contributed by atoms with van der Waals surface area (Å²) in [4.78, 5) is 1.62. The van der Waals surface area contributed by atoms with E-state index in [2.05, 4.69) is 0 Å². The Hall–Kier alpha value is -1.17. The molecule has 0 atom stereocenters. The van der Waals surface area contributed by atoms with Crippen LogP contribution in [-0.4, -0.2) is 17.5 Å². The van der Waals surface area contributed by atoms with Gasteiger partial charge in [-0.15, -0.1) is 0 Å². The first-order valence-electron chi connectivity index (χ1n) is 5.06. The highest BCUT2D eigenvalue weighted by atomic mass is 32.2. The summed E-state index contributed by atoms with van der Waals surface area (Å²) in [7, 11) is 0. The van der Waals surface area contributed by atoms with Crippen molar-refractivity contribution >= 4 is 22.6 Å². The Morgan fingerprint density at radius 3 is 2.59 bits per heavy atom. The van der Waals surface area contributed by atoms with Crippen molar-refractivity contribution in [1.29, 1.82) is 5.41 Å². The van der Waals surface area contributed by atoms with Crippen molar-refractivity contribution in [3.05, 3.63) is 29.3 Å². The van der Waals surface area contributed by atoms with Crippen molar-refractivity contribution in [2.75, 3.05) is 17.2 Å². The molecule has 0 spiro atoms. The Morgan fingerprint density at radius 2 is 2.06 bits per heavy atom. The highest BCUT2D eigenvalue weighted by Crippen LogP contribution is 2.35. The molecular formula is C11H11F3N2S. The summed E-state index contributed by atoms with van der Waals surface area (Å²) in [6.07, 6.45) is -4.34. The van der Waals surface area contributed by atoms with Crippen LogP contribution in [0.1, 0.15) is 11.1 Å².